The topological polar surface area (TPSA) is 53.9 Å². The van der Waals surface area contributed by atoms with Crippen LogP contribution in [-0.2, 0) is 6.54 Å². The Morgan fingerprint density at radius 1 is 0.800 bits per heavy atom. The number of likely N-dealkylation sites (tertiary alicyclic amines) is 1. The van der Waals surface area contributed by atoms with Crippen LogP contribution in [0.2, 0.25) is 0 Å². The largest absolute Gasteiger partial charge is 0.325 e. The molecule has 1 aliphatic heterocycles. The van der Waals surface area contributed by atoms with E-state index in [-0.39, 0.29) is 0 Å². The molecule has 1 fully saturated rings. The van der Waals surface area contributed by atoms with Gasteiger partial charge in [-0.15, -0.1) is 0 Å². The lowest BCUT2D eigenvalue weighted by molar-refractivity contribution is 0.204. The second-order valence-corrected chi connectivity index (χ2v) is 7.83. The molecule has 0 bridgehead atoms. The van der Waals surface area contributed by atoms with Crippen LogP contribution in [0.15, 0.2) is 79.1 Å². The van der Waals surface area contributed by atoms with Gasteiger partial charge in [-0.1, -0.05) is 30.3 Å². The first-order valence-corrected chi connectivity index (χ1v) is 10.6. The Balaban J connectivity index is 1.23. The van der Waals surface area contributed by atoms with Crippen LogP contribution >= 0.6 is 0 Å². The highest BCUT2D eigenvalue weighted by atomic mass is 15.1. The van der Waals surface area contributed by atoms with E-state index >= 15 is 0 Å². The summed E-state index contributed by atoms with van der Waals surface area (Å²) in [7, 11) is 0. The van der Waals surface area contributed by atoms with Crippen LogP contribution in [0.5, 0.6) is 0 Å². The Hall–Kier alpha value is -3.31. The van der Waals surface area contributed by atoms with Crippen molar-refractivity contribution in [1.29, 1.82) is 0 Å². The van der Waals surface area contributed by atoms with Crippen molar-refractivity contribution in [2.45, 2.75) is 25.3 Å². The van der Waals surface area contributed by atoms with E-state index < -0.39 is 0 Å². The van der Waals surface area contributed by atoms with Gasteiger partial charge in [-0.2, -0.15) is 0 Å². The third-order valence-electron chi connectivity index (χ3n) is 5.83. The van der Waals surface area contributed by atoms with Gasteiger partial charge < -0.3 is 5.32 Å². The molecule has 5 heteroatoms. The second-order valence-electron chi connectivity index (χ2n) is 7.83. The lowest BCUT2D eigenvalue weighted by Crippen LogP contribution is -2.32. The summed E-state index contributed by atoms with van der Waals surface area (Å²) in [6.07, 6.45) is 5.90. The van der Waals surface area contributed by atoms with Gasteiger partial charge in [-0.3, -0.25) is 9.88 Å². The third-order valence-corrected chi connectivity index (χ3v) is 5.83. The lowest BCUT2D eigenvalue weighted by atomic mass is 9.92. The first kappa shape index (κ1) is 18.7. The molecule has 5 nitrogen and oxygen atoms in total. The molecule has 0 radical (unpaired) electrons. The monoisotopic (exact) mass is 395 g/mol. The summed E-state index contributed by atoms with van der Waals surface area (Å²) in [4.78, 5) is 16.2. The zero-order chi connectivity index (χ0) is 20.2. The Morgan fingerprint density at radius 3 is 2.50 bits per heavy atom. The summed E-state index contributed by atoms with van der Waals surface area (Å²) >= 11 is 0. The number of nitrogens with one attached hydrogen (secondary N) is 1. The van der Waals surface area contributed by atoms with Gasteiger partial charge in [0.25, 0.3) is 0 Å². The Morgan fingerprint density at radius 2 is 1.63 bits per heavy atom. The highest BCUT2D eigenvalue weighted by molar-refractivity contribution is 5.81. The summed E-state index contributed by atoms with van der Waals surface area (Å²) in [6, 6.07) is 22.7. The molecule has 3 aromatic heterocycles. The molecule has 0 unspecified atom stereocenters. The molecule has 30 heavy (non-hydrogen) atoms. The average Bonchev–Trinajstić information content (AvgIpc) is 2.81. The first-order chi connectivity index (χ1) is 14.8. The van der Waals surface area contributed by atoms with E-state index in [4.69, 9.17) is 4.98 Å². The molecule has 0 atom stereocenters. The highest BCUT2D eigenvalue weighted by Crippen LogP contribution is 2.29. The quantitative estimate of drug-likeness (QED) is 0.507. The fraction of sp³-hybridized carbons (Fsp3) is 0.240. The first-order valence-electron chi connectivity index (χ1n) is 10.6. The van der Waals surface area contributed by atoms with Crippen LogP contribution in [0.1, 0.15) is 30.0 Å². The Bertz CT molecular complexity index is 1120. The standard InChI is InChI=1S/C25H25N5/c1-2-14-27-24(10-1)29-25-11-4-8-22(28-25)19-12-16-30(17-13-19)18-20-6-3-9-23-21(20)7-5-15-26-23/h1-11,14-15,19H,12-13,16-18H2,(H,27,28,29). The van der Waals surface area contributed by atoms with Crippen molar-refractivity contribution in [3.63, 3.8) is 0 Å². The van der Waals surface area contributed by atoms with E-state index in [9.17, 15) is 0 Å². The van der Waals surface area contributed by atoms with Crippen LogP contribution in [0.4, 0.5) is 11.6 Å². The fourth-order valence-electron chi connectivity index (χ4n) is 4.25. The zero-order valence-electron chi connectivity index (χ0n) is 16.9. The maximum Gasteiger partial charge on any atom is 0.131 e. The molecular weight excluding hydrogens is 370 g/mol. The summed E-state index contributed by atoms with van der Waals surface area (Å²) in [6.45, 7) is 3.15. The SMILES string of the molecule is c1ccc(Nc2cccc(C3CCN(Cc4cccc5ncccc45)CC3)n2)nc1. The van der Waals surface area contributed by atoms with Gasteiger partial charge in [0, 0.05) is 35.9 Å². The number of rotatable bonds is 5. The number of fused-ring (bicyclic) bond motifs is 1. The summed E-state index contributed by atoms with van der Waals surface area (Å²) in [5.74, 6) is 2.18. The minimum absolute atomic E-state index is 0.501. The summed E-state index contributed by atoms with van der Waals surface area (Å²) < 4.78 is 0. The van der Waals surface area contributed by atoms with E-state index in [1.54, 1.807) is 6.20 Å². The van der Waals surface area contributed by atoms with Crippen LogP contribution in [0.25, 0.3) is 10.9 Å². The van der Waals surface area contributed by atoms with Crippen LogP contribution in [0.3, 0.4) is 0 Å². The highest BCUT2D eigenvalue weighted by Gasteiger charge is 2.22. The number of benzene rings is 1. The van der Waals surface area contributed by atoms with Gasteiger partial charge in [0.15, 0.2) is 0 Å². The van der Waals surface area contributed by atoms with Crippen LogP contribution < -0.4 is 5.32 Å². The van der Waals surface area contributed by atoms with Crippen LogP contribution in [0, 0.1) is 0 Å². The molecule has 1 saturated heterocycles. The van der Waals surface area contributed by atoms with Gasteiger partial charge in [-0.05, 0) is 67.9 Å². The van der Waals surface area contributed by atoms with Gasteiger partial charge in [0.2, 0.25) is 0 Å². The van der Waals surface area contributed by atoms with E-state index in [0.717, 1.165) is 49.6 Å². The Labute approximate surface area is 176 Å². The molecule has 150 valence electrons. The van der Waals surface area contributed by atoms with Crippen LogP contribution in [-0.4, -0.2) is 32.9 Å². The minimum atomic E-state index is 0.501. The molecular formula is C25H25N5. The smallest absolute Gasteiger partial charge is 0.131 e. The molecule has 5 rings (SSSR count). The van der Waals surface area contributed by atoms with E-state index in [1.165, 1.54) is 16.6 Å². The molecule has 0 aliphatic carbocycles. The molecule has 1 aliphatic rings. The normalized spacial score (nSPS) is 15.3. The molecule has 0 amide bonds. The fourth-order valence-corrected chi connectivity index (χ4v) is 4.25. The van der Waals surface area contributed by atoms with Crippen molar-refractivity contribution in [3.05, 3.63) is 90.4 Å². The minimum Gasteiger partial charge on any atom is -0.325 e. The van der Waals surface area contributed by atoms with Gasteiger partial charge in [0.05, 0.1) is 5.52 Å². The third kappa shape index (κ3) is 4.16. The van der Waals surface area contributed by atoms with Crippen molar-refractivity contribution in [2.75, 3.05) is 18.4 Å². The molecule has 1 N–H and O–H groups in total. The Kier molecular flexibility index (Phi) is 5.36. The average molecular weight is 396 g/mol. The maximum atomic E-state index is 4.86. The predicted molar refractivity (Wildman–Crippen MR) is 121 cm³/mol. The lowest BCUT2D eigenvalue weighted by Gasteiger charge is -2.32. The second kappa shape index (κ2) is 8.59. The summed E-state index contributed by atoms with van der Waals surface area (Å²) in [5.41, 5.74) is 3.61. The maximum absolute atomic E-state index is 4.86. The number of aromatic nitrogens is 3. The molecule has 1 aromatic carbocycles. The predicted octanol–water partition coefficient (Wildman–Crippen LogP) is 5.15. The van der Waals surface area contributed by atoms with Crippen molar-refractivity contribution in [1.82, 2.24) is 19.9 Å². The van der Waals surface area contributed by atoms with E-state index in [1.807, 2.05) is 36.5 Å². The van der Waals surface area contributed by atoms with Gasteiger partial charge >= 0.3 is 0 Å². The van der Waals surface area contributed by atoms with E-state index in [2.05, 4.69) is 56.6 Å². The van der Waals surface area contributed by atoms with Crippen molar-refractivity contribution in [2.24, 2.45) is 0 Å². The number of nitrogens with zero attached hydrogens (tertiary/aromatic N) is 4. The molecule has 0 saturated carbocycles. The number of hydrogen-bond donors (Lipinski definition) is 1. The number of pyridine rings is 3. The number of anilines is 2. The molecule has 4 aromatic rings. The van der Waals surface area contributed by atoms with Gasteiger partial charge in [-0.25, -0.2) is 9.97 Å². The van der Waals surface area contributed by atoms with Crippen molar-refractivity contribution in [3.8, 4) is 0 Å². The number of hydrogen-bond acceptors (Lipinski definition) is 5. The summed E-state index contributed by atoms with van der Waals surface area (Å²) in [5, 5.41) is 4.56. The molecule has 4 heterocycles. The molecule has 0 spiro atoms. The van der Waals surface area contributed by atoms with Crippen molar-refractivity contribution >= 4 is 22.5 Å². The number of piperidine rings is 1. The van der Waals surface area contributed by atoms with Gasteiger partial charge in [0.1, 0.15) is 11.6 Å². The zero-order valence-corrected chi connectivity index (χ0v) is 16.9. The van der Waals surface area contributed by atoms with Crippen molar-refractivity contribution < 1.29 is 0 Å². The van der Waals surface area contributed by atoms with E-state index in [0.29, 0.717) is 5.92 Å².